The van der Waals surface area contributed by atoms with Crippen LogP contribution in [-0.4, -0.2) is 59.7 Å². The first-order valence-corrected chi connectivity index (χ1v) is 12.6. The summed E-state index contributed by atoms with van der Waals surface area (Å²) in [6, 6.07) is 22.2. The Morgan fingerprint density at radius 1 is 0.872 bits per heavy atom. The molecule has 0 aromatic heterocycles. The summed E-state index contributed by atoms with van der Waals surface area (Å²) in [5.41, 5.74) is 4.95. The van der Waals surface area contributed by atoms with Crippen molar-refractivity contribution in [3.05, 3.63) is 95.6 Å². The predicted molar refractivity (Wildman–Crippen MR) is 143 cm³/mol. The molecule has 1 aliphatic carbocycles. The minimum atomic E-state index is -1.38. The van der Waals surface area contributed by atoms with Gasteiger partial charge in [0, 0.05) is 13.0 Å². The first-order chi connectivity index (χ1) is 18.8. The average Bonchev–Trinajstić information content (AvgIpc) is 3.27. The van der Waals surface area contributed by atoms with Crippen LogP contribution in [0.15, 0.2) is 78.9 Å². The van der Waals surface area contributed by atoms with Crippen LogP contribution in [0.1, 0.15) is 36.0 Å². The summed E-state index contributed by atoms with van der Waals surface area (Å²) >= 11 is 0. The molecule has 0 saturated carbocycles. The number of benzene rings is 3. The predicted octanol–water partition coefficient (Wildman–Crippen LogP) is 3.96. The van der Waals surface area contributed by atoms with Gasteiger partial charge in [0.05, 0.1) is 6.42 Å². The number of fused-ring (bicyclic) bond motifs is 3. The van der Waals surface area contributed by atoms with Crippen LogP contribution in [0.5, 0.6) is 0 Å². The monoisotopic (exact) mass is 530 g/mol. The van der Waals surface area contributed by atoms with E-state index in [1.54, 1.807) is 24.3 Å². The molecule has 0 bridgehead atoms. The number of ether oxygens (including phenoxy) is 2. The molecule has 1 aliphatic rings. The van der Waals surface area contributed by atoms with Crippen LogP contribution >= 0.6 is 0 Å². The SMILES string of the molecule is C[C@@H](C(=O)O)N(C)C(=O)[C@H](CC(=O)OCc1ccccc1)NC(=O)OCC1c2ccccc2-c2ccccc21. The lowest BCUT2D eigenvalue weighted by molar-refractivity contribution is -0.151. The third-order valence-corrected chi connectivity index (χ3v) is 6.83. The van der Waals surface area contributed by atoms with Gasteiger partial charge in [-0.25, -0.2) is 9.59 Å². The number of aliphatic carboxylic acids is 1. The van der Waals surface area contributed by atoms with Gasteiger partial charge in [-0.15, -0.1) is 0 Å². The molecule has 2 atom stereocenters. The van der Waals surface area contributed by atoms with Crippen LogP contribution < -0.4 is 5.32 Å². The number of esters is 1. The molecule has 3 aromatic carbocycles. The fourth-order valence-electron chi connectivity index (χ4n) is 4.55. The van der Waals surface area contributed by atoms with Crippen LogP contribution in [-0.2, 0) is 30.5 Å². The quantitative estimate of drug-likeness (QED) is 0.381. The van der Waals surface area contributed by atoms with Crippen molar-refractivity contribution in [3.63, 3.8) is 0 Å². The molecule has 0 saturated heterocycles. The lowest BCUT2D eigenvalue weighted by Crippen LogP contribution is -2.52. The summed E-state index contributed by atoms with van der Waals surface area (Å²) in [5.74, 6) is -2.90. The molecule has 0 aliphatic heterocycles. The van der Waals surface area contributed by atoms with E-state index in [1.165, 1.54) is 14.0 Å². The van der Waals surface area contributed by atoms with E-state index in [2.05, 4.69) is 5.32 Å². The van der Waals surface area contributed by atoms with Crippen molar-refractivity contribution >= 4 is 23.9 Å². The van der Waals surface area contributed by atoms with Crippen molar-refractivity contribution < 1.29 is 33.8 Å². The van der Waals surface area contributed by atoms with Gasteiger partial charge in [-0.2, -0.15) is 0 Å². The number of carbonyl (C=O) groups excluding carboxylic acids is 3. The molecule has 0 radical (unpaired) electrons. The first-order valence-electron chi connectivity index (χ1n) is 12.6. The highest BCUT2D eigenvalue weighted by atomic mass is 16.5. The van der Waals surface area contributed by atoms with Crippen molar-refractivity contribution in [1.82, 2.24) is 10.2 Å². The number of likely N-dealkylation sites (N-methyl/N-ethyl adjacent to an activating group) is 1. The second-order valence-corrected chi connectivity index (χ2v) is 9.34. The maximum atomic E-state index is 13.1. The van der Waals surface area contributed by atoms with E-state index in [0.29, 0.717) is 0 Å². The summed E-state index contributed by atoms with van der Waals surface area (Å²) < 4.78 is 10.8. The largest absolute Gasteiger partial charge is 0.480 e. The number of nitrogens with zero attached hydrogens (tertiary/aromatic N) is 1. The Morgan fingerprint density at radius 3 is 2.03 bits per heavy atom. The molecule has 9 nitrogen and oxygen atoms in total. The highest BCUT2D eigenvalue weighted by Gasteiger charge is 2.33. The minimum Gasteiger partial charge on any atom is -0.480 e. The summed E-state index contributed by atoms with van der Waals surface area (Å²) in [5, 5.41) is 11.8. The number of alkyl carbamates (subject to hydrolysis) is 1. The number of carboxylic acid groups (broad SMARTS) is 1. The zero-order valence-electron chi connectivity index (χ0n) is 21.7. The second kappa shape index (κ2) is 12.3. The standard InChI is InChI=1S/C30H30N2O7/c1-19(29(35)36)32(2)28(34)26(16-27(33)38-17-20-10-4-3-5-11-20)31-30(37)39-18-25-23-14-8-6-12-21(23)22-13-7-9-15-24(22)25/h3-15,19,25-26H,16-18H2,1-2H3,(H,31,37)(H,35,36)/t19-,26-/m0/s1. The molecule has 2 N–H and O–H groups in total. The number of nitrogens with one attached hydrogen (secondary N) is 1. The fraction of sp³-hybridized carbons (Fsp3) is 0.267. The zero-order chi connectivity index (χ0) is 27.9. The van der Waals surface area contributed by atoms with Gasteiger partial charge in [0.1, 0.15) is 25.3 Å². The molecule has 0 heterocycles. The van der Waals surface area contributed by atoms with Crippen LogP contribution in [0.4, 0.5) is 4.79 Å². The molecular weight excluding hydrogens is 500 g/mol. The van der Waals surface area contributed by atoms with Crippen molar-refractivity contribution in [2.45, 2.75) is 38.0 Å². The molecule has 0 spiro atoms. The number of hydrogen-bond acceptors (Lipinski definition) is 6. The normalized spacial score (nSPS) is 13.4. The van der Waals surface area contributed by atoms with Gasteiger partial charge in [0.2, 0.25) is 5.91 Å². The fourth-order valence-corrected chi connectivity index (χ4v) is 4.55. The summed E-state index contributed by atoms with van der Waals surface area (Å²) in [4.78, 5) is 50.9. The van der Waals surface area contributed by atoms with Gasteiger partial charge < -0.3 is 24.8 Å². The van der Waals surface area contributed by atoms with Gasteiger partial charge in [0.15, 0.2) is 0 Å². The van der Waals surface area contributed by atoms with Crippen LogP contribution in [0, 0.1) is 0 Å². The smallest absolute Gasteiger partial charge is 0.407 e. The lowest BCUT2D eigenvalue weighted by atomic mass is 9.98. The Hall–Kier alpha value is -4.66. The molecule has 39 heavy (non-hydrogen) atoms. The van der Waals surface area contributed by atoms with Gasteiger partial charge >= 0.3 is 18.0 Å². The van der Waals surface area contributed by atoms with Crippen LogP contribution in [0.3, 0.4) is 0 Å². The number of carboxylic acids is 1. The maximum Gasteiger partial charge on any atom is 0.407 e. The Balaban J connectivity index is 1.43. The number of carbonyl (C=O) groups is 4. The second-order valence-electron chi connectivity index (χ2n) is 9.34. The summed E-state index contributed by atoms with van der Waals surface area (Å²) in [7, 11) is 1.29. The molecular formula is C30H30N2O7. The van der Waals surface area contributed by atoms with E-state index >= 15 is 0 Å². The highest BCUT2D eigenvalue weighted by molar-refractivity contribution is 5.92. The lowest BCUT2D eigenvalue weighted by Gasteiger charge is -2.27. The van der Waals surface area contributed by atoms with Gasteiger partial charge in [-0.05, 0) is 34.7 Å². The zero-order valence-corrected chi connectivity index (χ0v) is 21.7. The van der Waals surface area contributed by atoms with Crippen molar-refractivity contribution in [2.75, 3.05) is 13.7 Å². The van der Waals surface area contributed by atoms with Gasteiger partial charge in [-0.1, -0.05) is 78.9 Å². The molecule has 2 amide bonds. The Morgan fingerprint density at radius 2 is 1.44 bits per heavy atom. The van der Waals surface area contributed by atoms with Gasteiger partial charge in [-0.3, -0.25) is 9.59 Å². The number of amides is 2. The van der Waals surface area contributed by atoms with E-state index in [9.17, 15) is 24.3 Å². The van der Waals surface area contributed by atoms with Crippen molar-refractivity contribution in [2.24, 2.45) is 0 Å². The Labute approximate surface area is 226 Å². The summed E-state index contributed by atoms with van der Waals surface area (Å²) in [6.07, 6.45) is -1.39. The van der Waals surface area contributed by atoms with Crippen LogP contribution in [0.2, 0.25) is 0 Å². The molecule has 202 valence electrons. The van der Waals surface area contributed by atoms with E-state index in [4.69, 9.17) is 9.47 Å². The Kier molecular flexibility index (Phi) is 8.60. The van der Waals surface area contributed by atoms with Crippen molar-refractivity contribution in [1.29, 1.82) is 0 Å². The number of rotatable bonds is 10. The Bertz CT molecular complexity index is 1310. The highest BCUT2D eigenvalue weighted by Crippen LogP contribution is 2.44. The third-order valence-electron chi connectivity index (χ3n) is 6.83. The average molecular weight is 531 g/mol. The van der Waals surface area contributed by atoms with Crippen molar-refractivity contribution in [3.8, 4) is 11.1 Å². The maximum absolute atomic E-state index is 13.1. The molecule has 0 unspecified atom stereocenters. The molecule has 3 aromatic rings. The van der Waals surface area contributed by atoms with E-state index < -0.39 is 42.4 Å². The van der Waals surface area contributed by atoms with Crippen LogP contribution in [0.25, 0.3) is 11.1 Å². The molecule has 4 rings (SSSR count). The topological polar surface area (TPSA) is 122 Å². The molecule has 0 fully saturated rings. The van der Waals surface area contributed by atoms with E-state index in [0.717, 1.165) is 32.7 Å². The molecule has 9 heteroatoms. The summed E-state index contributed by atoms with van der Waals surface area (Å²) in [6.45, 7) is 1.34. The first kappa shape index (κ1) is 27.4. The van der Waals surface area contributed by atoms with E-state index in [1.807, 2.05) is 54.6 Å². The third kappa shape index (κ3) is 6.43. The van der Waals surface area contributed by atoms with Gasteiger partial charge in [0.25, 0.3) is 0 Å². The number of hydrogen-bond donors (Lipinski definition) is 2. The van der Waals surface area contributed by atoms with E-state index in [-0.39, 0.29) is 19.1 Å². The minimum absolute atomic E-state index is 0.00705.